The number of nitrogens with zero attached hydrogens (tertiary/aromatic N) is 1. The lowest BCUT2D eigenvalue weighted by Crippen LogP contribution is -2.45. The summed E-state index contributed by atoms with van der Waals surface area (Å²) in [5.74, 6) is 0. The summed E-state index contributed by atoms with van der Waals surface area (Å²) >= 11 is 0. The fourth-order valence-electron chi connectivity index (χ4n) is 2.80. The monoisotopic (exact) mass is 226 g/mol. The van der Waals surface area contributed by atoms with Crippen molar-refractivity contribution >= 4 is 0 Å². The molecule has 1 fully saturated rings. The third-order valence-corrected chi connectivity index (χ3v) is 3.94. The van der Waals surface area contributed by atoms with Crippen LogP contribution in [-0.4, -0.2) is 37.6 Å². The van der Waals surface area contributed by atoms with Crippen LogP contribution in [-0.2, 0) is 0 Å². The Morgan fingerprint density at radius 2 is 1.81 bits per heavy atom. The van der Waals surface area contributed by atoms with Crippen LogP contribution in [0.5, 0.6) is 0 Å². The van der Waals surface area contributed by atoms with E-state index >= 15 is 0 Å². The molecule has 0 aliphatic heterocycles. The third-order valence-electron chi connectivity index (χ3n) is 3.94. The largest absolute Gasteiger partial charge is 0.314 e. The van der Waals surface area contributed by atoms with Crippen LogP contribution < -0.4 is 5.32 Å². The van der Waals surface area contributed by atoms with E-state index < -0.39 is 0 Å². The summed E-state index contributed by atoms with van der Waals surface area (Å²) in [5, 5.41) is 3.66. The molecule has 0 radical (unpaired) electrons. The standard InChI is InChI=1S/C14H30N2/c1-5-16(4)12-14(11-15-13(2)3)9-7-6-8-10-14/h13,15H,5-12H2,1-4H3. The van der Waals surface area contributed by atoms with Crippen molar-refractivity contribution < 1.29 is 0 Å². The molecule has 0 atom stereocenters. The quantitative estimate of drug-likeness (QED) is 0.749. The van der Waals surface area contributed by atoms with E-state index in [4.69, 9.17) is 0 Å². The highest BCUT2D eigenvalue weighted by molar-refractivity contribution is 4.87. The number of nitrogens with one attached hydrogen (secondary N) is 1. The van der Waals surface area contributed by atoms with Crippen LogP contribution in [0.3, 0.4) is 0 Å². The van der Waals surface area contributed by atoms with E-state index in [1.54, 1.807) is 0 Å². The first kappa shape index (κ1) is 14.0. The zero-order chi connectivity index (χ0) is 12.0. The molecule has 2 heteroatoms. The van der Waals surface area contributed by atoms with Crippen molar-refractivity contribution in [3.63, 3.8) is 0 Å². The molecule has 0 heterocycles. The van der Waals surface area contributed by atoms with E-state index in [1.165, 1.54) is 51.7 Å². The summed E-state index contributed by atoms with van der Waals surface area (Å²) in [6.07, 6.45) is 7.13. The van der Waals surface area contributed by atoms with Crippen molar-refractivity contribution in [1.82, 2.24) is 10.2 Å². The van der Waals surface area contributed by atoms with E-state index in [0.717, 1.165) is 0 Å². The van der Waals surface area contributed by atoms with E-state index in [-0.39, 0.29) is 0 Å². The smallest absolute Gasteiger partial charge is 0.00470 e. The highest BCUT2D eigenvalue weighted by atomic mass is 15.1. The van der Waals surface area contributed by atoms with Gasteiger partial charge in [0.2, 0.25) is 0 Å². The Bertz CT molecular complexity index is 183. The molecule has 1 aliphatic carbocycles. The van der Waals surface area contributed by atoms with Gasteiger partial charge in [-0.25, -0.2) is 0 Å². The molecule has 1 rings (SSSR count). The van der Waals surface area contributed by atoms with Crippen molar-refractivity contribution in [3.05, 3.63) is 0 Å². The van der Waals surface area contributed by atoms with Gasteiger partial charge in [-0.1, -0.05) is 40.0 Å². The summed E-state index contributed by atoms with van der Waals surface area (Å²) in [4.78, 5) is 2.48. The molecule has 0 saturated heterocycles. The lowest BCUT2D eigenvalue weighted by Gasteiger charge is -2.40. The van der Waals surface area contributed by atoms with Gasteiger partial charge in [-0.15, -0.1) is 0 Å². The van der Waals surface area contributed by atoms with Gasteiger partial charge in [-0.3, -0.25) is 0 Å². The number of rotatable bonds is 6. The van der Waals surface area contributed by atoms with Gasteiger partial charge >= 0.3 is 0 Å². The second-order valence-corrected chi connectivity index (χ2v) is 5.93. The van der Waals surface area contributed by atoms with E-state index in [2.05, 4.69) is 38.0 Å². The third kappa shape index (κ3) is 4.42. The molecule has 0 aromatic heterocycles. The van der Waals surface area contributed by atoms with E-state index in [9.17, 15) is 0 Å². The van der Waals surface area contributed by atoms with Gasteiger partial charge in [0, 0.05) is 19.1 Å². The average molecular weight is 226 g/mol. The molecule has 0 amide bonds. The first-order valence-electron chi connectivity index (χ1n) is 7.00. The second kappa shape index (κ2) is 6.61. The predicted octanol–water partition coefficient (Wildman–Crippen LogP) is 2.89. The van der Waals surface area contributed by atoms with E-state index in [0.29, 0.717) is 11.5 Å². The molecule has 0 spiro atoms. The van der Waals surface area contributed by atoms with E-state index in [1.807, 2.05) is 0 Å². The Hall–Kier alpha value is -0.0800. The maximum Gasteiger partial charge on any atom is 0.00470 e. The van der Waals surface area contributed by atoms with Gasteiger partial charge in [0.25, 0.3) is 0 Å². The molecule has 2 nitrogen and oxygen atoms in total. The number of hydrogen-bond acceptors (Lipinski definition) is 2. The van der Waals surface area contributed by atoms with Crippen LogP contribution in [0.15, 0.2) is 0 Å². The summed E-state index contributed by atoms with van der Waals surface area (Å²) in [5.41, 5.74) is 0.549. The van der Waals surface area contributed by atoms with Crippen LogP contribution in [0.25, 0.3) is 0 Å². The average Bonchev–Trinajstić information content (AvgIpc) is 2.28. The Balaban J connectivity index is 2.52. The summed E-state index contributed by atoms with van der Waals surface area (Å²) < 4.78 is 0. The zero-order valence-corrected chi connectivity index (χ0v) is 11.7. The Morgan fingerprint density at radius 1 is 1.19 bits per heavy atom. The van der Waals surface area contributed by atoms with Gasteiger partial charge in [-0.2, -0.15) is 0 Å². The SMILES string of the molecule is CCN(C)CC1(CNC(C)C)CCCCC1. The Labute approximate surface area is 102 Å². The maximum absolute atomic E-state index is 3.66. The lowest BCUT2D eigenvalue weighted by molar-refractivity contribution is 0.118. The Morgan fingerprint density at radius 3 is 2.31 bits per heavy atom. The molecular weight excluding hydrogens is 196 g/mol. The molecule has 1 N–H and O–H groups in total. The van der Waals surface area contributed by atoms with Crippen molar-refractivity contribution in [3.8, 4) is 0 Å². The van der Waals surface area contributed by atoms with Crippen LogP contribution in [0.1, 0.15) is 52.9 Å². The fraction of sp³-hybridized carbons (Fsp3) is 1.00. The highest BCUT2D eigenvalue weighted by Crippen LogP contribution is 2.36. The molecule has 0 bridgehead atoms. The van der Waals surface area contributed by atoms with Gasteiger partial charge < -0.3 is 10.2 Å². The van der Waals surface area contributed by atoms with Crippen LogP contribution in [0.2, 0.25) is 0 Å². The minimum atomic E-state index is 0.549. The first-order chi connectivity index (χ1) is 7.58. The van der Waals surface area contributed by atoms with Crippen molar-refractivity contribution in [2.75, 3.05) is 26.7 Å². The molecule has 96 valence electrons. The number of hydrogen-bond donors (Lipinski definition) is 1. The lowest BCUT2D eigenvalue weighted by atomic mass is 9.73. The summed E-state index contributed by atoms with van der Waals surface area (Å²) in [7, 11) is 2.26. The molecule has 0 aromatic carbocycles. The predicted molar refractivity (Wildman–Crippen MR) is 71.8 cm³/mol. The molecule has 1 saturated carbocycles. The first-order valence-corrected chi connectivity index (χ1v) is 7.00. The Kier molecular flexibility index (Phi) is 5.77. The van der Waals surface area contributed by atoms with Crippen LogP contribution in [0, 0.1) is 5.41 Å². The molecule has 16 heavy (non-hydrogen) atoms. The van der Waals surface area contributed by atoms with Crippen LogP contribution in [0.4, 0.5) is 0 Å². The van der Waals surface area contributed by atoms with Gasteiger partial charge in [0.15, 0.2) is 0 Å². The van der Waals surface area contributed by atoms with Gasteiger partial charge in [-0.05, 0) is 31.8 Å². The highest BCUT2D eigenvalue weighted by Gasteiger charge is 2.32. The maximum atomic E-state index is 3.66. The molecule has 1 aliphatic rings. The summed E-state index contributed by atoms with van der Waals surface area (Å²) in [6.45, 7) is 10.4. The van der Waals surface area contributed by atoms with Crippen LogP contribution >= 0.6 is 0 Å². The van der Waals surface area contributed by atoms with Crippen molar-refractivity contribution in [2.24, 2.45) is 5.41 Å². The van der Waals surface area contributed by atoms with Gasteiger partial charge in [0.05, 0.1) is 0 Å². The fourth-order valence-corrected chi connectivity index (χ4v) is 2.80. The molecule has 0 unspecified atom stereocenters. The molecular formula is C14H30N2. The minimum absolute atomic E-state index is 0.549. The summed E-state index contributed by atoms with van der Waals surface area (Å²) in [6, 6.07) is 0.616. The normalized spacial score (nSPS) is 20.6. The molecule has 0 aromatic rings. The topological polar surface area (TPSA) is 15.3 Å². The van der Waals surface area contributed by atoms with Crippen molar-refractivity contribution in [2.45, 2.75) is 58.9 Å². The zero-order valence-electron chi connectivity index (χ0n) is 11.7. The van der Waals surface area contributed by atoms with Gasteiger partial charge in [0.1, 0.15) is 0 Å². The minimum Gasteiger partial charge on any atom is -0.314 e. The van der Waals surface area contributed by atoms with Crippen molar-refractivity contribution in [1.29, 1.82) is 0 Å². The second-order valence-electron chi connectivity index (χ2n) is 5.93.